The number of nitrogens with zero attached hydrogens (tertiary/aromatic N) is 6. The lowest BCUT2D eigenvalue weighted by Crippen LogP contribution is -2.10. The molecule has 0 bridgehead atoms. The molecule has 0 saturated carbocycles. The van der Waals surface area contributed by atoms with Crippen molar-refractivity contribution in [2.45, 2.75) is 12.7 Å². The van der Waals surface area contributed by atoms with Gasteiger partial charge in [0.05, 0.1) is 22.7 Å². The summed E-state index contributed by atoms with van der Waals surface area (Å²) in [7, 11) is 0. The topological polar surface area (TPSA) is 86.5 Å². The Balaban J connectivity index is 1.66. The van der Waals surface area contributed by atoms with Crippen LogP contribution in [0.1, 0.15) is 27.0 Å². The van der Waals surface area contributed by atoms with Crippen molar-refractivity contribution >= 4 is 17.4 Å². The zero-order chi connectivity index (χ0) is 26.9. The minimum Gasteiger partial charge on any atom is -0.288 e. The Morgan fingerprint density at radius 3 is 2.42 bits per heavy atom. The second kappa shape index (κ2) is 10.1. The van der Waals surface area contributed by atoms with Crippen molar-refractivity contribution in [2.75, 3.05) is 0 Å². The van der Waals surface area contributed by atoms with Gasteiger partial charge in [0.1, 0.15) is 29.2 Å². The van der Waals surface area contributed by atoms with Gasteiger partial charge in [0.2, 0.25) is 0 Å². The normalized spacial score (nSPS) is 11.5. The van der Waals surface area contributed by atoms with Crippen LogP contribution in [0.3, 0.4) is 0 Å². The standard InChI is InChI=1S/C26H15ClF4N6O/c27-20-6-2-1-4-18(20)25(38)19-5-3-9-34-22(19)23-24(16-11-32-14-33-12-16)37(36-35-23)13-15-10-17(26(29,30)31)7-8-21(15)28/h1-12,14H,13H2. The van der Waals surface area contributed by atoms with Crippen LogP contribution in [-0.2, 0) is 12.7 Å². The Hall–Kier alpha value is -4.51. The maximum Gasteiger partial charge on any atom is 0.416 e. The van der Waals surface area contributed by atoms with Crippen LogP contribution in [0.4, 0.5) is 17.6 Å². The highest BCUT2D eigenvalue weighted by molar-refractivity contribution is 6.35. The zero-order valence-corrected chi connectivity index (χ0v) is 19.9. The molecular formula is C26H15ClF4N6O. The van der Waals surface area contributed by atoms with E-state index >= 15 is 0 Å². The Morgan fingerprint density at radius 1 is 0.947 bits per heavy atom. The zero-order valence-electron chi connectivity index (χ0n) is 19.2. The van der Waals surface area contributed by atoms with Crippen molar-refractivity contribution in [3.05, 3.63) is 113 Å². The molecule has 0 saturated heterocycles. The number of ketones is 1. The maximum absolute atomic E-state index is 14.6. The van der Waals surface area contributed by atoms with Crippen LogP contribution >= 0.6 is 11.6 Å². The maximum atomic E-state index is 14.6. The number of halogens is 5. The summed E-state index contributed by atoms with van der Waals surface area (Å²) in [5.41, 5.74) is 0.0209. The molecular weight excluding hydrogens is 524 g/mol. The van der Waals surface area contributed by atoms with E-state index < -0.39 is 29.9 Å². The van der Waals surface area contributed by atoms with Crippen LogP contribution in [0.5, 0.6) is 0 Å². The van der Waals surface area contributed by atoms with Gasteiger partial charge < -0.3 is 0 Å². The van der Waals surface area contributed by atoms with Crippen molar-refractivity contribution < 1.29 is 22.4 Å². The van der Waals surface area contributed by atoms with Crippen LogP contribution in [0.15, 0.2) is 79.5 Å². The van der Waals surface area contributed by atoms with Gasteiger partial charge in [-0.15, -0.1) is 5.10 Å². The summed E-state index contributed by atoms with van der Waals surface area (Å²) in [6, 6.07) is 11.8. The third-order valence-corrected chi connectivity index (χ3v) is 5.99. The first-order chi connectivity index (χ1) is 18.2. The van der Waals surface area contributed by atoms with E-state index in [9.17, 15) is 22.4 Å². The van der Waals surface area contributed by atoms with E-state index in [2.05, 4.69) is 25.3 Å². The summed E-state index contributed by atoms with van der Waals surface area (Å²) < 4.78 is 55.6. The summed E-state index contributed by atoms with van der Waals surface area (Å²) in [5.74, 6) is -1.27. The first-order valence-electron chi connectivity index (χ1n) is 11.0. The lowest BCUT2D eigenvalue weighted by Gasteiger charge is -2.12. The number of pyridine rings is 1. The smallest absolute Gasteiger partial charge is 0.288 e. The molecule has 2 aromatic carbocycles. The third kappa shape index (κ3) is 4.88. The van der Waals surface area contributed by atoms with Crippen molar-refractivity contribution in [3.8, 4) is 22.6 Å². The Labute approximate surface area is 217 Å². The summed E-state index contributed by atoms with van der Waals surface area (Å²) in [6.45, 7) is -0.395. The first-order valence-corrected chi connectivity index (χ1v) is 11.4. The van der Waals surface area contributed by atoms with Gasteiger partial charge in [0.25, 0.3) is 0 Å². The second-order valence-electron chi connectivity index (χ2n) is 8.08. The molecule has 190 valence electrons. The highest BCUT2D eigenvalue weighted by Gasteiger charge is 2.31. The number of rotatable bonds is 6. The molecule has 0 aliphatic rings. The minimum atomic E-state index is -4.66. The number of alkyl halides is 3. The number of benzene rings is 2. The van der Waals surface area contributed by atoms with Crippen LogP contribution in [0.2, 0.25) is 5.02 Å². The van der Waals surface area contributed by atoms with E-state index in [1.54, 1.807) is 36.4 Å². The van der Waals surface area contributed by atoms with E-state index in [0.717, 1.165) is 12.1 Å². The molecule has 0 aliphatic carbocycles. The van der Waals surface area contributed by atoms with E-state index in [-0.39, 0.29) is 38.8 Å². The van der Waals surface area contributed by atoms with E-state index in [1.165, 1.54) is 29.6 Å². The number of aromatic nitrogens is 6. The van der Waals surface area contributed by atoms with Gasteiger partial charge in [0.15, 0.2) is 5.78 Å². The number of hydrogen-bond donors (Lipinski definition) is 0. The Morgan fingerprint density at radius 2 is 1.68 bits per heavy atom. The molecule has 3 aromatic heterocycles. The van der Waals surface area contributed by atoms with Crippen molar-refractivity contribution in [1.82, 2.24) is 29.9 Å². The van der Waals surface area contributed by atoms with Gasteiger partial charge in [-0.3, -0.25) is 9.78 Å². The van der Waals surface area contributed by atoms with Gasteiger partial charge >= 0.3 is 6.18 Å². The lowest BCUT2D eigenvalue weighted by atomic mass is 9.99. The van der Waals surface area contributed by atoms with Crippen LogP contribution < -0.4 is 0 Å². The average molecular weight is 539 g/mol. The average Bonchev–Trinajstić information content (AvgIpc) is 3.33. The predicted octanol–water partition coefficient (Wildman–Crippen LogP) is 5.89. The molecule has 0 fully saturated rings. The van der Waals surface area contributed by atoms with Crippen LogP contribution in [-0.4, -0.2) is 35.7 Å². The molecule has 38 heavy (non-hydrogen) atoms. The van der Waals surface area contributed by atoms with E-state index in [1.807, 2.05) is 0 Å². The quantitative estimate of drug-likeness (QED) is 0.198. The second-order valence-corrected chi connectivity index (χ2v) is 8.49. The molecule has 0 spiro atoms. The largest absolute Gasteiger partial charge is 0.416 e. The molecule has 0 N–H and O–H groups in total. The minimum absolute atomic E-state index is 0.128. The van der Waals surface area contributed by atoms with Crippen molar-refractivity contribution in [3.63, 3.8) is 0 Å². The molecule has 0 amide bonds. The molecule has 5 rings (SSSR count). The Kier molecular flexibility index (Phi) is 6.68. The number of hydrogen-bond acceptors (Lipinski definition) is 6. The van der Waals surface area contributed by atoms with E-state index in [0.29, 0.717) is 11.6 Å². The fourth-order valence-corrected chi connectivity index (χ4v) is 4.11. The Bertz CT molecular complexity index is 1640. The van der Waals surface area contributed by atoms with Gasteiger partial charge in [0, 0.05) is 35.3 Å². The molecule has 0 unspecified atom stereocenters. The molecule has 7 nitrogen and oxygen atoms in total. The highest BCUT2D eigenvalue weighted by Crippen LogP contribution is 2.34. The summed E-state index contributed by atoms with van der Waals surface area (Å²) in [4.78, 5) is 25.8. The summed E-state index contributed by atoms with van der Waals surface area (Å²) in [5, 5.41) is 8.50. The highest BCUT2D eigenvalue weighted by atomic mass is 35.5. The van der Waals surface area contributed by atoms with Crippen LogP contribution in [0.25, 0.3) is 22.6 Å². The van der Waals surface area contributed by atoms with E-state index in [4.69, 9.17) is 11.6 Å². The fourth-order valence-electron chi connectivity index (χ4n) is 3.89. The first kappa shape index (κ1) is 25.2. The molecule has 12 heteroatoms. The van der Waals surface area contributed by atoms with Gasteiger partial charge in [-0.1, -0.05) is 28.9 Å². The number of carbonyl (C=O) groups is 1. The summed E-state index contributed by atoms with van der Waals surface area (Å²) >= 11 is 6.24. The lowest BCUT2D eigenvalue weighted by molar-refractivity contribution is -0.137. The molecule has 5 aromatic rings. The van der Waals surface area contributed by atoms with Gasteiger partial charge in [-0.2, -0.15) is 13.2 Å². The van der Waals surface area contributed by atoms with Gasteiger partial charge in [-0.05, 0) is 42.5 Å². The molecule has 0 aliphatic heterocycles. The molecule has 0 atom stereocenters. The predicted molar refractivity (Wildman–Crippen MR) is 130 cm³/mol. The van der Waals surface area contributed by atoms with Crippen molar-refractivity contribution in [1.29, 1.82) is 0 Å². The molecule has 0 radical (unpaired) electrons. The van der Waals surface area contributed by atoms with Crippen LogP contribution in [0, 0.1) is 5.82 Å². The SMILES string of the molecule is O=C(c1ccccc1Cl)c1cccnc1-c1nnn(Cc2cc(C(F)(F)F)ccc2F)c1-c1cncnc1. The molecule has 3 heterocycles. The van der Waals surface area contributed by atoms with Gasteiger partial charge in [-0.25, -0.2) is 19.0 Å². The monoisotopic (exact) mass is 538 g/mol. The summed E-state index contributed by atoms with van der Waals surface area (Å²) in [6.07, 6.45) is 0.958. The third-order valence-electron chi connectivity index (χ3n) is 5.66. The van der Waals surface area contributed by atoms with Crippen molar-refractivity contribution in [2.24, 2.45) is 0 Å². The fraction of sp³-hybridized carbons (Fsp3) is 0.0769. The number of carbonyl (C=O) groups excluding carboxylic acids is 1.